The van der Waals surface area contributed by atoms with Crippen molar-refractivity contribution in [1.29, 1.82) is 0 Å². The Bertz CT molecular complexity index is 1030. The normalized spacial score (nSPS) is 12.7. The van der Waals surface area contributed by atoms with Crippen LogP contribution in [0.15, 0.2) is 41.0 Å². The molecule has 10 heteroatoms. The zero-order valence-corrected chi connectivity index (χ0v) is 17.0. The molecule has 1 aromatic heterocycles. The van der Waals surface area contributed by atoms with Crippen molar-refractivity contribution >= 4 is 29.7 Å². The number of carbonyl (C=O) groups excluding carboxylic acids is 5. The summed E-state index contributed by atoms with van der Waals surface area (Å²) in [4.78, 5) is 61.7. The van der Waals surface area contributed by atoms with Crippen molar-refractivity contribution in [2.45, 2.75) is 20.4 Å². The van der Waals surface area contributed by atoms with Crippen LogP contribution >= 0.6 is 0 Å². The quantitative estimate of drug-likeness (QED) is 0.507. The molecule has 31 heavy (non-hydrogen) atoms. The van der Waals surface area contributed by atoms with Crippen molar-refractivity contribution in [1.82, 2.24) is 15.5 Å². The second kappa shape index (κ2) is 9.24. The molecule has 0 unspecified atom stereocenters. The van der Waals surface area contributed by atoms with Gasteiger partial charge in [0.15, 0.2) is 6.61 Å². The summed E-state index contributed by atoms with van der Waals surface area (Å²) in [6, 6.07) is 6.52. The summed E-state index contributed by atoms with van der Waals surface area (Å²) in [5.74, 6) is -2.08. The fourth-order valence-corrected chi connectivity index (χ4v) is 2.84. The highest BCUT2D eigenvalue weighted by Gasteiger charge is 2.36. The summed E-state index contributed by atoms with van der Waals surface area (Å²) >= 11 is 0. The maximum absolute atomic E-state index is 12.6. The van der Waals surface area contributed by atoms with Crippen LogP contribution in [0, 0.1) is 5.92 Å². The summed E-state index contributed by atoms with van der Waals surface area (Å²) in [5, 5.41) is 4.54. The van der Waals surface area contributed by atoms with E-state index in [4.69, 9.17) is 9.15 Å². The number of fused-ring (bicyclic) bond motifs is 1. The van der Waals surface area contributed by atoms with E-state index in [2.05, 4.69) is 5.32 Å². The smallest absolute Gasteiger partial charge is 0.338 e. The lowest BCUT2D eigenvalue weighted by Crippen LogP contribution is -2.42. The van der Waals surface area contributed by atoms with Crippen LogP contribution in [0.2, 0.25) is 0 Å². The minimum atomic E-state index is -0.870. The maximum atomic E-state index is 12.6. The molecule has 1 aromatic carbocycles. The average Bonchev–Trinajstić information content (AvgIpc) is 3.33. The molecule has 3 rings (SSSR count). The first-order chi connectivity index (χ1) is 14.8. The number of rotatable bonds is 7. The van der Waals surface area contributed by atoms with Crippen molar-refractivity contribution in [2.75, 3.05) is 13.2 Å². The minimum absolute atomic E-state index is 0.00296. The van der Waals surface area contributed by atoms with Crippen LogP contribution in [-0.4, -0.2) is 47.8 Å². The number of benzene rings is 1. The maximum Gasteiger partial charge on any atom is 0.338 e. The number of hydrogen-bond donors (Lipinski definition) is 2. The van der Waals surface area contributed by atoms with Crippen molar-refractivity contribution in [3.05, 3.63) is 59.0 Å². The number of nitrogens with one attached hydrogen (secondary N) is 2. The lowest BCUT2D eigenvalue weighted by molar-refractivity contribution is -0.123. The Kier molecular flexibility index (Phi) is 6.49. The highest BCUT2D eigenvalue weighted by molar-refractivity contribution is 6.21. The standard InChI is InChI=1S/C21H21N3O7/c1-12(2)9-22-21(29)23-17(25)11-31-20(28)13-5-6-15-16(8-13)19(27)24(18(15)26)10-14-4-3-7-30-14/h3-8,12H,9-11H2,1-2H3,(H2,22,23,25,29). The summed E-state index contributed by atoms with van der Waals surface area (Å²) in [6.45, 7) is 3.47. The van der Waals surface area contributed by atoms with Gasteiger partial charge in [0.1, 0.15) is 5.76 Å². The number of esters is 1. The third-order valence-corrected chi connectivity index (χ3v) is 4.36. The van der Waals surface area contributed by atoms with E-state index in [1.807, 2.05) is 19.2 Å². The Morgan fingerprint density at radius 3 is 2.52 bits per heavy atom. The molecular weight excluding hydrogens is 406 g/mol. The van der Waals surface area contributed by atoms with Gasteiger partial charge >= 0.3 is 12.0 Å². The van der Waals surface area contributed by atoms with Crippen LogP contribution in [0.1, 0.15) is 50.7 Å². The number of furan rings is 1. The number of hydrogen-bond acceptors (Lipinski definition) is 7. The molecule has 0 saturated heterocycles. The Balaban J connectivity index is 1.59. The molecule has 1 aliphatic heterocycles. The van der Waals surface area contributed by atoms with Crippen LogP contribution in [0.5, 0.6) is 0 Å². The molecule has 2 N–H and O–H groups in total. The molecule has 162 valence electrons. The molecule has 0 saturated carbocycles. The fourth-order valence-electron chi connectivity index (χ4n) is 2.84. The number of urea groups is 1. The summed E-state index contributed by atoms with van der Waals surface area (Å²) in [5.41, 5.74) is 0.216. The SMILES string of the molecule is CC(C)CNC(=O)NC(=O)COC(=O)c1ccc2c(c1)C(=O)N(Cc1ccco1)C2=O. The van der Waals surface area contributed by atoms with Gasteiger partial charge in [-0.05, 0) is 36.2 Å². The molecule has 2 aromatic rings. The highest BCUT2D eigenvalue weighted by Crippen LogP contribution is 2.26. The van der Waals surface area contributed by atoms with E-state index in [0.717, 1.165) is 4.90 Å². The van der Waals surface area contributed by atoms with Gasteiger partial charge < -0.3 is 14.5 Å². The van der Waals surface area contributed by atoms with Crippen LogP contribution in [0.4, 0.5) is 4.79 Å². The summed E-state index contributed by atoms with van der Waals surface area (Å²) in [6.07, 6.45) is 1.44. The molecule has 10 nitrogen and oxygen atoms in total. The largest absolute Gasteiger partial charge is 0.467 e. The zero-order chi connectivity index (χ0) is 22.5. The number of carbonyl (C=O) groups is 5. The number of amides is 5. The second-order valence-corrected chi connectivity index (χ2v) is 7.26. The van der Waals surface area contributed by atoms with E-state index in [9.17, 15) is 24.0 Å². The molecule has 0 fully saturated rings. The van der Waals surface area contributed by atoms with Gasteiger partial charge in [-0.1, -0.05) is 13.8 Å². The third kappa shape index (κ3) is 5.16. The van der Waals surface area contributed by atoms with E-state index < -0.39 is 36.3 Å². The van der Waals surface area contributed by atoms with E-state index in [1.54, 1.807) is 12.1 Å². The van der Waals surface area contributed by atoms with E-state index in [0.29, 0.717) is 12.3 Å². The topological polar surface area (TPSA) is 135 Å². The lowest BCUT2D eigenvalue weighted by atomic mass is 10.1. The first-order valence-corrected chi connectivity index (χ1v) is 9.53. The van der Waals surface area contributed by atoms with Crippen molar-refractivity contribution in [3.63, 3.8) is 0 Å². The van der Waals surface area contributed by atoms with E-state index >= 15 is 0 Å². The number of imide groups is 2. The lowest BCUT2D eigenvalue weighted by Gasteiger charge is -2.11. The second-order valence-electron chi connectivity index (χ2n) is 7.26. The zero-order valence-electron chi connectivity index (χ0n) is 17.0. The summed E-state index contributed by atoms with van der Waals surface area (Å²) in [7, 11) is 0. The minimum Gasteiger partial charge on any atom is -0.467 e. The molecule has 0 atom stereocenters. The molecule has 1 aliphatic rings. The van der Waals surface area contributed by atoms with Crippen LogP contribution in [0.3, 0.4) is 0 Å². The number of ether oxygens (including phenoxy) is 1. The van der Waals surface area contributed by atoms with Crippen molar-refractivity contribution in [3.8, 4) is 0 Å². The van der Waals surface area contributed by atoms with Crippen LogP contribution in [-0.2, 0) is 16.1 Å². The average molecular weight is 427 g/mol. The molecule has 0 radical (unpaired) electrons. The highest BCUT2D eigenvalue weighted by atomic mass is 16.5. The Hall–Kier alpha value is -3.95. The molecule has 0 bridgehead atoms. The molecule has 2 heterocycles. The Labute approximate surface area is 177 Å². The van der Waals surface area contributed by atoms with Crippen molar-refractivity contribution < 1.29 is 33.1 Å². The van der Waals surface area contributed by atoms with Gasteiger partial charge in [0.25, 0.3) is 17.7 Å². The van der Waals surface area contributed by atoms with Crippen LogP contribution < -0.4 is 10.6 Å². The monoisotopic (exact) mass is 427 g/mol. The number of nitrogens with zero attached hydrogens (tertiary/aromatic N) is 1. The van der Waals surface area contributed by atoms with E-state index in [1.165, 1.54) is 24.5 Å². The van der Waals surface area contributed by atoms with Crippen molar-refractivity contribution in [2.24, 2.45) is 5.92 Å². The van der Waals surface area contributed by atoms with Crippen LogP contribution in [0.25, 0.3) is 0 Å². The summed E-state index contributed by atoms with van der Waals surface area (Å²) < 4.78 is 10.1. The molecule has 0 aliphatic carbocycles. The first-order valence-electron chi connectivity index (χ1n) is 9.53. The molecule has 0 spiro atoms. The third-order valence-electron chi connectivity index (χ3n) is 4.36. The van der Waals surface area contributed by atoms with Gasteiger partial charge in [-0.2, -0.15) is 0 Å². The van der Waals surface area contributed by atoms with Gasteiger partial charge in [-0.25, -0.2) is 9.59 Å². The van der Waals surface area contributed by atoms with Gasteiger partial charge in [0.05, 0.1) is 29.5 Å². The van der Waals surface area contributed by atoms with Gasteiger partial charge in [0.2, 0.25) is 0 Å². The Morgan fingerprint density at radius 1 is 1.10 bits per heavy atom. The van der Waals surface area contributed by atoms with Gasteiger partial charge in [-0.3, -0.25) is 24.6 Å². The first kappa shape index (κ1) is 21.8. The predicted octanol–water partition coefficient (Wildman–Crippen LogP) is 1.71. The van der Waals surface area contributed by atoms with E-state index in [-0.39, 0.29) is 29.2 Å². The predicted molar refractivity (Wildman–Crippen MR) is 106 cm³/mol. The van der Waals surface area contributed by atoms with Gasteiger partial charge in [0, 0.05) is 6.54 Å². The van der Waals surface area contributed by atoms with Gasteiger partial charge in [-0.15, -0.1) is 0 Å². The molecular formula is C21H21N3O7. The fraction of sp³-hybridized carbons (Fsp3) is 0.286. The Morgan fingerprint density at radius 2 is 1.84 bits per heavy atom. The molecule has 5 amide bonds.